The summed E-state index contributed by atoms with van der Waals surface area (Å²) in [7, 11) is 0. The maximum atomic E-state index is 12.0. The number of fused-ring (bicyclic) bond motifs is 1. The molecule has 1 heterocycles. The van der Waals surface area contributed by atoms with Gasteiger partial charge in [-0.3, -0.25) is 9.59 Å². The Kier molecular flexibility index (Phi) is 5.63. The standard InChI is InChI=1S/C16H20O6/c1-3-19-15(17)9-12(16(18)20-4-2)7-11-5-6-13-14(8-11)22-10-21-13/h5-6,8,12H,3-4,7,9-10H2,1-2H3/t12-/m0/s1. The third-order valence-electron chi connectivity index (χ3n) is 3.26. The number of rotatable bonds is 7. The first-order valence-corrected chi connectivity index (χ1v) is 7.34. The molecule has 1 aliphatic rings. The van der Waals surface area contributed by atoms with Crippen LogP contribution in [-0.2, 0) is 25.5 Å². The Bertz CT molecular complexity index is 539. The Morgan fingerprint density at radius 3 is 2.59 bits per heavy atom. The number of carbonyl (C=O) groups excluding carboxylic acids is 2. The normalized spacial score (nSPS) is 13.5. The van der Waals surface area contributed by atoms with Crippen molar-refractivity contribution in [2.24, 2.45) is 5.92 Å². The predicted molar refractivity (Wildman–Crippen MR) is 77.6 cm³/mol. The Morgan fingerprint density at radius 1 is 1.14 bits per heavy atom. The summed E-state index contributed by atoms with van der Waals surface area (Å²) in [6.07, 6.45) is 0.384. The van der Waals surface area contributed by atoms with Gasteiger partial charge in [0.05, 0.1) is 25.6 Å². The van der Waals surface area contributed by atoms with E-state index in [0.29, 0.717) is 24.5 Å². The molecule has 120 valence electrons. The van der Waals surface area contributed by atoms with Crippen LogP contribution in [0.4, 0.5) is 0 Å². The molecule has 6 heteroatoms. The van der Waals surface area contributed by atoms with Gasteiger partial charge in [-0.15, -0.1) is 0 Å². The Balaban J connectivity index is 2.07. The number of benzene rings is 1. The highest BCUT2D eigenvalue weighted by atomic mass is 16.7. The van der Waals surface area contributed by atoms with E-state index in [1.165, 1.54) is 0 Å². The molecule has 1 aliphatic heterocycles. The van der Waals surface area contributed by atoms with Crippen molar-refractivity contribution < 1.29 is 28.5 Å². The molecule has 0 saturated heterocycles. The van der Waals surface area contributed by atoms with E-state index < -0.39 is 17.9 Å². The topological polar surface area (TPSA) is 71.1 Å². The summed E-state index contributed by atoms with van der Waals surface area (Å²) in [5.74, 6) is -0.0352. The van der Waals surface area contributed by atoms with E-state index in [-0.39, 0.29) is 19.8 Å². The lowest BCUT2D eigenvalue weighted by Crippen LogP contribution is -2.24. The lowest BCUT2D eigenvalue weighted by molar-refractivity contribution is -0.154. The maximum absolute atomic E-state index is 12.0. The molecular formula is C16H20O6. The molecule has 0 unspecified atom stereocenters. The van der Waals surface area contributed by atoms with Crippen LogP contribution in [0.3, 0.4) is 0 Å². The van der Waals surface area contributed by atoms with Gasteiger partial charge in [0.2, 0.25) is 6.79 Å². The molecule has 0 aromatic heterocycles. The number of hydrogen-bond acceptors (Lipinski definition) is 6. The lowest BCUT2D eigenvalue weighted by atomic mass is 9.96. The Morgan fingerprint density at radius 2 is 1.86 bits per heavy atom. The van der Waals surface area contributed by atoms with E-state index in [0.717, 1.165) is 5.56 Å². The van der Waals surface area contributed by atoms with Gasteiger partial charge in [0.25, 0.3) is 0 Å². The van der Waals surface area contributed by atoms with Crippen molar-refractivity contribution in [1.29, 1.82) is 0 Å². The van der Waals surface area contributed by atoms with Crippen LogP contribution >= 0.6 is 0 Å². The number of esters is 2. The SMILES string of the molecule is CCOC(=O)C[C@H](Cc1ccc2c(c1)OCO2)C(=O)OCC. The third kappa shape index (κ3) is 4.13. The highest BCUT2D eigenvalue weighted by Gasteiger charge is 2.25. The molecule has 0 spiro atoms. The lowest BCUT2D eigenvalue weighted by Gasteiger charge is -2.15. The second kappa shape index (κ2) is 7.68. The highest BCUT2D eigenvalue weighted by Crippen LogP contribution is 2.33. The zero-order valence-electron chi connectivity index (χ0n) is 12.8. The van der Waals surface area contributed by atoms with Gasteiger partial charge in [0.1, 0.15) is 0 Å². The smallest absolute Gasteiger partial charge is 0.309 e. The van der Waals surface area contributed by atoms with Gasteiger partial charge >= 0.3 is 11.9 Å². The van der Waals surface area contributed by atoms with Crippen LogP contribution in [0, 0.1) is 5.92 Å². The van der Waals surface area contributed by atoms with Crippen LogP contribution in [-0.4, -0.2) is 31.9 Å². The first-order valence-electron chi connectivity index (χ1n) is 7.34. The van der Waals surface area contributed by atoms with Crippen LogP contribution in [0.2, 0.25) is 0 Å². The van der Waals surface area contributed by atoms with Gasteiger partial charge < -0.3 is 18.9 Å². The van der Waals surface area contributed by atoms with Gasteiger partial charge in [-0.1, -0.05) is 6.07 Å². The number of hydrogen-bond donors (Lipinski definition) is 0. The molecule has 0 bridgehead atoms. The summed E-state index contributed by atoms with van der Waals surface area (Å²) in [5.41, 5.74) is 0.881. The van der Waals surface area contributed by atoms with Crippen LogP contribution in [0.1, 0.15) is 25.8 Å². The second-order valence-corrected chi connectivity index (χ2v) is 4.85. The van der Waals surface area contributed by atoms with E-state index in [1.807, 2.05) is 12.1 Å². The zero-order valence-corrected chi connectivity index (χ0v) is 12.8. The number of carbonyl (C=O) groups is 2. The molecule has 0 N–H and O–H groups in total. The molecule has 0 radical (unpaired) electrons. The largest absolute Gasteiger partial charge is 0.466 e. The molecule has 0 aliphatic carbocycles. The number of ether oxygens (including phenoxy) is 4. The molecule has 6 nitrogen and oxygen atoms in total. The monoisotopic (exact) mass is 308 g/mol. The summed E-state index contributed by atoms with van der Waals surface area (Å²) in [4.78, 5) is 23.7. The minimum atomic E-state index is -0.570. The van der Waals surface area contributed by atoms with Crippen LogP contribution < -0.4 is 9.47 Å². The van der Waals surface area contributed by atoms with Crippen molar-refractivity contribution in [3.8, 4) is 11.5 Å². The predicted octanol–water partition coefficient (Wildman–Crippen LogP) is 2.09. The fourth-order valence-corrected chi connectivity index (χ4v) is 2.27. The van der Waals surface area contributed by atoms with Gasteiger partial charge in [0.15, 0.2) is 11.5 Å². The van der Waals surface area contributed by atoms with E-state index >= 15 is 0 Å². The minimum Gasteiger partial charge on any atom is -0.466 e. The highest BCUT2D eigenvalue weighted by molar-refractivity contribution is 5.80. The first-order chi connectivity index (χ1) is 10.6. The quantitative estimate of drug-likeness (QED) is 0.718. The molecule has 1 aromatic carbocycles. The van der Waals surface area contributed by atoms with Crippen molar-refractivity contribution >= 4 is 11.9 Å². The van der Waals surface area contributed by atoms with Gasteiger partial charge in [-0.05, 0) is 38.0 Å². The van der Waals surface area contributed by atoms with Crippen molar-refractivity contribution in [2.75, 3.05) is 20.0 Å². The molecule has 0 saturated carbocycles. The molecular weight excluding hydrogens is 288 g/mol. The Hall–Kier alpha value is -2.24. The van der Waals surface area contributed by atoms with Crippen LogP contribution in [0.5, 0.6) is 11.5 Å². The average Bonchev–Trinajstić information content (AvgIpc) is 2.94. The van der Waals surface area contributed by atoms with E-state index in [9.17, 15) is 9.59 Å². The zero-order chi connectivity index (χ0) is 15.9. The fourth-order valence-electron chi connectivity index (χ4n) is 2.27. The summed E-state index contributed by atoms with van der Waals surface area (Å²) in [6, 6.07) is 5.47. The van der Waals surface area contributed by atoms with Crippen LogP contribution in [0.15, 0.2) is 18.2 Å². The summed E-state index contributed by atoms with van der Waals surface area (Å²) >= 11 is 0. The molecule has 0 amide bonds. The molecule has 1 aromatic rings. The minimum absolute atomic E-state index is 0.00111. The van der Waals surface area contributed by atoms with Crippen molar-refractivity contribution in [2.45, 2.75) is 26.7 Å². The first kappa shape index (κ1) is 16.1. The van der Waals surface area contributed by atoms with E-state index in [4.69, 9.17) is 18.9 Å². The van der Waals surface area contributed by atoms with Crippen LogP contribution in [0.25, 0.3) is 0 Å². The van der Waals surface area contributed by atoms with Crippen molar-refractivity contribution in [3.05, 3.63) is 23.8 Å². The summed E-state index contributed by atoms with van der Waals surface area (Å²) in [5, 5.41) is 0. The molecule has 1 atom stereocenters. The molecule has 22 heavy (non-hydrogen) atoms. The van der Waals surface area contributed by atoms with Gasteiger partial charge in [-0.2, -0.15) is 0 Å². The summed E-state index contributed by atoms with van der Waals surface area (Å²) < 4.78 is 20.5. The van der Waals surface area contributed by atoms with Gasteiger partial charge in [0, 0.05) is 0 Å². The van der Waals surface area contributed by atoms with Crippen molar-refractivity contribution in [3.63, 3.8) is 0 Å². The Labute approximate surface area is 129 Å². The van der Waals surface area contributed by atoms with Gasteiger partial charge in [-0.25, -0.2) is 0 Å². The molecule has 2 rings (SSSR count). The fraction of sp³-hybridized carbons (Fsp3) is 0.500. The second-order valence-electron chi connectivity index (χ2n) is 4.85. The molecule has 0 fully saturated rings. The van der Waals surface area contributed by atoms with E-state index in [1.54, 1.807) is 19.9 Å². The third-order valence-corrected chi connectivity index (χ3v) is 3.26. The van der Waals surface area contributed by atoms with Crippen molar-refractivity contribution in [1.82, 2.24) is 0 Å². The average molecular weight is 308 g/mol. The summed E-state index contributed by atoms with van der Waals surface area (Å²) in [6.45, 7) is 4.23. The van der Waals surface area contributed by atoms with E-state index in [2.05, 4.69) is 0 Å². The maximum Gasteiger partial charge on any atom is 0.309 e.